The molecule has 38 heavy (non-hydrogen) atoms. The molecule has 0 atom stereocenters. The molecule has 4 heterocycles. The van der Waals surface area contributed by atoms with E-state index < -0.39 is 0 Å². The highest BCUT2D eigenvalue weighted by molar-refractivity contribution is 7.25. The standard InChI is InChI=1S/C34H23BN2S/c1-20-21(2)36-29-14-8-15-30-33(29)35(27-12-7-10-23(20)34(27)36)26-11-4-5-13-28(26)37(30)22-17-18-32-25(19-22)24-9-3-6-16-31(24)38-32/h3-19H,1-2H3. The van der Waals surface area contributed by atoms with E-state index in [9.17, 15) is 0 Å². The van der Waals surface area contributed by atoms with Crippen molar-refractivity contribution in [1.82, 2.24) is 4.57 Å². The molecule has 7 aromatic rings. The summed E-state index contributed by atoms with van der Waals surface area (Å²) in [5.41, 5.74) is 13.3. The number of aromatic nitrogens is 1. The van der Waals surface area contributed by atoms with Crippen molar-refractivity contribution in [2.75, 3.05) is 4.90 Å². The van der Waals surface area contributed by atoms with Crippen LogP contribution in [0.3, 0.4) is 0 Å². The van der Waals surface area contributed by atoms with Gasteiger partial charge in [0, 0.05) is 59.5 Å². The van der Waals surface area contributed by atoms with Crippen LogP contribution >= 0.6 is 11.3 Å². The Balaban J connectivity index is 1.39. The number of aryl methyl sites for hydroxylation is 1. The first-order valence-corrected chi connectivity index (χ1v) is 14.1. The maximum absolute atomic E-state index is 2.51. The first-order chi connectivity index (χ1) is 18.7. The highest BCUT2D eigenvalue weighted by Crippen LogP contribution is 2.43. The molecule has 0 amide bonds. The van der Waals surface area contributed by atoms with E-state index in [-0.39, 0.29) is 6.71 Å². The average Bonchev–Trinajstić information content (AvgIpc) is 3.46. The molecule has 0 fully saturated rings. The first-order valence-electron chi connectivity index (χ1n) is 13.2. The lowest BCUT2D eigenvalue weighted by molar-refractivity contribution is 1.04. The lowest BCUT2D eigenvalue weighted by atomic mass is 9.34. The van der Waals surface area contributed by atoms with E-state index in [4.69, 9.17) is 0 Å². The number of thiophene rings is 1. The van der Waals surface area contributed by atoms with Crippen LogP contribution in [0.4, 0.5) is 17.1 Å². The van der Waals surface area contributed by atoms with E-state index in [0.717, 1.165) is 0 Å². The monoisotopic (exact) mass is 502 g/mol. The molecule has 0 aliphatic carbocycles. The van der Waals surface area contributed by atoms with Crippen LogP contribution in [0.15, 0.2) is 103 Å². The summed E-state index contributed by atoms with van der Waals surface area (Å²) in [7, 11) is 0. The third-order valence-electron chi connectivity index (χ3n) is 8.82. The minimum absolute atomic E-state index is 0.212. The number of para-hydroxylation sites is 2. The van der Waals surface area contributed by atoms with E-state index in [1.165, 1.54) is 81.5 Å². The fourth-order valence-corrected chi connectivity index (χ4v) is 8.17. The van der Waals surface area contributed by atoms with Crippen LogP contribution in [-0.2, 0) is 0 Å². The molecule has 0 saturated heterocycles. The highest BCUT2D eigenvalue weighted by atomic mass is 32.1. The fraction of sp³-hybridized carbons (Fsp3) is 0.0588. The lowest BCUT2D eigenvalue weighted by Gasteiger charge is -2.40. The zero-order chi connectivity index (χ0) is 25.1. The Kier molecular flexibility index (Phi) is 3.92. The minimum atomic E-state index is 0.212. The summed E-state index contributed by atoms with van der Waals surface area (Å²) in [5, 5.41) is 4.03. The Labute approximate surface area is 225 Å². The van der Waals surface area contributed by atoms with Gasteiger partial charge in [-0.15, -0.1) is 11.3 Å². The number of hydrogen-bond donors (Lipinski definition) is 0. The predicted molar refractivity (Wildman–Crippen MR) is 165 cm³/mol. The number of hydrogen-bond acceptors (Lipinski definition) is 2. The second-order valence-corrected chi connectivity index (χ2v) is 11.7. The van der Waals surface area contributed by atoms with Crippen LogP contribution in [0.1, 0.15) is 11.3 Å². The maximum atomic E-state index is 2.51. The van der Waals surface area contributed by atoms with Gasteiger partial charge in [0.25, 0.3) is 6.71 Å². The van der Waals surface area contributed by atoms with Gasteiger partial charge in [0.1, 0.15) is 0 Å². The van der Waals surface area contributed by atoms with E-state index in [1.54, 1.807) is 0 Å². The molecule has 0 radical (unpaired) electrons. The SMILES string of the molecule is Cc1c(C)n2c3c(cccc13)B1c3ccccc3N(c3ccc4sc5ccccc5c4c3)c3cccc-2c31. The fourth-order valence-electron chi connectivity index (χ4n) is 7.08. The number of benzene rings is 5. The van der Waals surface area contributed by atoms with Gasteiger partial charge in [-0.3, -0.25) is 0 Å². The molecule has 0 saturated carbocycles. The zero-order valence-electron chi connectivity index (χ0n) is 21.2. The Morgan fingerprint density at radius 1 is 0.605 bits per heavy atom. The molecule has 9 rings (SSSR count). The molecule has 0 N–H and O–H groups in total. The van der Waals surface area contributed by atoms with Gasteiger partial charge in [-0.1, -0.05) is 60.7 Å². The Hall–Kier alpha value is -4.28. The van der Waals surface area contributed by atoms with Crippen molar-refractivity contribution in [2.45, 2.75) is 13.8 Å². The molecule has 2 aromatic heterocycles. The summed E-state index contributed by atoms with van der Waals surface area (Å²) in [6, 6.07) is 38.5. The molecule has 0 unspecified atom stereocenters. The largest absolute Gasteiger partial charge is 0.315 e. The van der Waals surface area contributed by atoms with Crippen LogP contribution in [0, 0.1) is 13.8 Å². The van der Waals surface area contributed by atoms with Crippen LogP contribution in [-0.4, -0.2) is 11.3 Å². The van der Waals surface area contributed by atoms with Crippen LogP contribution < -0.4 is 21.3 Å². The van der Waals surface area contributed by atoms with Crippen LogP contribution in [0.25, 0.3) is 36.8 Å². The molecule has 5 aromatic carbocycles. The van der Waals surface area contributed by atoms with Crippen molar-refractivity contribution in [1.29, 1.82) is 0 Å². The molecule has 2 nitrogen and oxygen atoms in total. The maximum Gasteiger partial charge on any atom is 0.252 e. The lowest BCUT2D eigenvalue weighted by Crippen LogP contribution is -2.60. The number of rotatable bonds is 1. The van der Waals surface area contributed by atoms with Crippen molar-refractivity contribution in [3.63, 3.8) is 0 Å². The quantitative estimate of drug-likeness (QED) is 0.215. The van der Waals surface area contributed by atoms with Crippen LogP contribution in [0.2, 0.25) is 0 Å². The van der Waals surface area contributed by atoms with Crippen LogP contribution in [0.5, 0.6) is 0 Å². The zero-order valence-corrected chi connectivity index (χ0v) is 22.0. The van der Waals surface area contributed by atoms with Crippen molar-refractivity contribution in [3.8, 4) is 5.69 Å². The minimum Gasteiger partial charge on any atom is -0.315 e. The van der Waals surface area contributed by atoms with Gasteiger partial charge in [0.05, 0.1) is 0 Å². The average molecular weight is 502 g/mol. The van der Waals surface area contributed by atoms with Crippen molar-refractivity contribution >= 4 is 82.6 Å². The summed E-state index contributed by atoms with van der Waals surface area (Å²) < 4.78 is 5.19. The molecule has 2 aliphatic heterocycles. The van der Waals surface area contributed by atoms with Gasteiger partial charge in [0.15, 0.2) is 0 Å². The summed E-state index contributed by atoms with van der Waals surface area (Å²) in [5.74, 6) is 0. The third-order valence-corrected chi connectivity index (χ3v) is 9.97. The topological polar surface area (TPSA) is 8.17 Å². The van der Waals surface area contributed by atoms with Gasteiger partial charge in [-0.2, -0.15) is 0 Å². The third kappa shape index (κ3) is 2.44. The summed E-state index contributed by atoms with van der Waals surface area (Å²) in [6.07, 6.45) is 0. The van der Waals surface area contributed by atoms with Gasteiger partial charge < -0.3 is 9.47 Å². The molecule has 0 spiro atoms. The molecule has 4 heteroatoms. The van der Waals surface area contributed by atoms with Gasteiger partial charge >= 0.3 is 0 Å². The van der Waals surface area contributed by atoms with Crippen molar-refractivity contribution < 1.29 is 0 Å². The van der Waals surface area contributed by atoms with Crippen molar-refractivity contribution in [2.24, 2.45) is 0 Å². The van der Waals surface area contributed by atoms with Gasteiger partial charge in [-0.25, -0.2) is 0 Å². The Bertz CT molecular complexity index is 2130. The van der Waals surface area contributed by atoms with E-state index in [0.29, 0.717) is 0 Å². The molecule has 178 valence electrons. The second kappa shape index (κ2) is 7.18. The van der Waals surface area contributed by atoms with Gasteiger partial charge in [-0.05, 0) is 78.3 Å². The molecular weight excluding hydrogens is 479 g/mol. The summed E-state index contributed by atoms with van der Waals surface area (Å²) in [4.78, 5) is 2.49. The van der Waals surface area contributed by atoms with Crippen molar-refractivity contribution in [3.05, 3.63) is 114 Å². The van der Waals surface area contributed by atoms with E-state index in [2.05, 4.69) is 126 Å². The van der Waals surface area contributed by atoms with E-state index in [1.807, 2.05) is 11.3 Å². The smallest absolute Gasteiger partial charge is 0.252 e. The summed E-state index contributed by atoms with van der Waals surface area (Å²) in [6.45, 7) is 4.75. The van der Waals surface area contributed by atoms with E-state index >= 15 is 0 Å². The van der Waals surface area contributed by atoms with Gasteiger partial charge in [0.2, 0.25) is 0 Å². The first kappa shape index (κ1) is 20.7. The number of nitrogens with zero attached hydrogens (tertiary/aromatic N) is 2. The summed E-state index contributed by atoms with van der Waals surface area (Å²) >= 11 is 1.88. The Morgan fingerprint density at radius 2 is 1.32 bits per heavy atom. The highest BCUT2D eigenvalue weighted by Gasteiger charge is 2.41. The normalized spacial score (nSPS) is 13.4. The molecular formula is C34H23BN2S. The second-order valence-electron chi connectivity index (χ2n) is 10.6. The number of fused-ring (bicyclic) bond motifs is 7. The molecule has 2 aliphatic rings. The Morgan fingerprint density at radius 3 is 2.26 bits per heavy atom. The number of anilines is 3. The molecule has 0 bridgehead atoms. The predicted octanol–water partition coefficient (Wildman–Crippen LogP) is 7.23.